The fraction of sp³-hybridized carbons (Fsp3) is 0.200. The number of amides is 2. The number of nitrogens with one attached hydrogen (secondary N) is 2. The van der Waals surface area contributed by atoms with E-state index in [4.69, 9.17) is 23.2 Å². The van der Waals surface area contributed by atoms with Crippen LogP contribution in [0.25, 0.3) is 0 Å². The van der Waals surface area contributed by atoms with Crippen LogP contribution in [-0.4, -0.2) is 33.9 Å². The van der Waals surface area contributed by atoms with E-state index < -0.39 is 5.91 Å². The summed E-state index contributed by atoms with van der Waals surface area (Å²) in [7, 11) is 1.56. The van der Waals surface area contributed by atoms with Crippen LogP contribution in [0, 0.1) is 13.8 Å². The van der Waals surface area contributed by atoms with E-state index in [0.29, 0.717) is 39.1 Å². The van der Waals surface area contributed by atoms with Gasteiger partial charge in [0.25, 0.3) is 11.8 Å². The van der Waals surface area contributed by atoms with Crippen LogP contribution in [0.5, 0.6) is 0 Å². The molecule has 1 aromatic heterocycles. The van der Waals surface area contributed by atoms with E-state index in [2.05, 4.69) is 20.9 Å². The number of aromatic nitrogens is 3. The van der Waals surface area contributed by atoms with Crippen LogP contribution in [0.4, 0.5) is 5.69 Å². The Morgan fingerprint density at radius 1 is 1.07 bits per heavy atom. The maximum absolute atomic E-state index is 12.7. The number of anilines is 1. The van der Waals surface area contributed by atoms with Gasteiger partial charge in [-0.1, -0.05) is 40.5 Å². The molecule has 3 rings (SSSR count). The third-order valence-corrected chi connectivity index (χ3v) is 5.31. The monoisotopic (exact) mass is 431 g/mol. The van der Waals surface area contributed by atoms with Gasteiger partial charge in [0.1, 0.15) is 0 Å². The Hall–Kier alpha value is -2.90. The highest BCUT2D eigenvalue weighted by atomic mass is 35.5. The zero-order valence-electron chi connectivity index (χ0n) is 16.1. The molecule has 0 spiro atoms. The first-order valence-electron chi connectivity index (χ1n) is 8.79. The molecule has 0 unspecified atom stereocenters. The van der Waals surface area contributed by atoms with E-state index in [1.807, 2.05) is 6.07 Å². The molecule has 0 aliphatic carbocycles. The smallest absolute Gasteiger partial charge is 0.278 e. The van der Waals surface area contributed by atoms with Gasteiger partial charge >= 0.3 is 0 Å². The minimum absolute atomic E-state index is 0.204. The van der Waals surface area contributed by atoms with E-state index in [1.54, 1.807) is 55.9 Å². The lowest BCUT2D eigenvalue weighted by atomic mass is 10.1. The van der Waals surface area contributed by atoms with Crippen molar-refractivity contribution in [3.8, 4) is 0 Å². The molecular weight excluding hydrogens is 413 g/mol. The van der Waals surface area contributed by atoms with Gasteiger partial charge in [0.15, 0.2) is 5.69 Å². The van der Waals surface area contributed by atoms with Gasteiger partial charge in [-0.05, 0) is 49.2 Å². The summed E-state index contributed by atoms with van der Waals surface area (Å²) >= 11 is 12.0. The lowest BCUT2D eigenvalue weighted by molar-refractivity contribution is 0.0960. The van der Waals surface area contributed by atoms with Crippen molar-refractivity contribution in [1.82, 2.24) is 20.3 Å². The zero-order valence-corrected chi connectivity index (χ0v) is 17.6. The number of carbonyl (C=O) groups excluding carboxylic acids is 2. The number of nitrogens with zero attached hydrogens (tertiary/aromatic N) is 3. The van der Waals surface area contributed by atoms with E-state index in [1.165, 1.54) is 0 Å². The molecule has 0 atom stereocenters. The zero-order chi connectivity index (χ0) is 21.1. The maximum Gasteiger partial charge on any atom is 0.278 e. The Labute approximate surface area is 178 Å². The molecule has 0 saturated heterocycles. The summed E-state index contributed by atoms with van der Waals surface area (Å²) in [5, 5.41) is 14.4. The lowest BCUT2D eigenvalue weighted by Crippen LogP contribution is -2.20. The van der Waals surface area contributed by atoms with Crippen LogP contribution in [0.1, 0.15) is 37.7 Å². The van der Waals surface area contributed by atoms with Crippen LogP contribution in [-0.2, 0) is 6.54 Å². The number of hydrogen-bond acceptors (Lipinski definition) is 4. The normalized spacial score (nSPS) is 10.7. The summed E-state index contributed by atoms with van der Waals surface area (Å²) in [6.45, 7) is 3.93. The van der Waals surface area contributed by atoms with Crippen molar-refractivity contribution in [1.29, 1.82) is 0 Å². The lowest BCUT2D eigenvalue weighted by Gasteiger charge is -2.11. The minimum atomic E-state index is -0.403. The highest BCUT2D eigenvalue weighted by Crippen LogP contribution is 2.23. The number of hydrogen-bond donors (Lipinski definition) is 2. The van der Waals surface area contributed by atoms with Gasteiger partial charge in [0.2, 0.25) is 0 Å². The second-order valence-electron chi connectivity index (χ2n) is 6.44. The minimum Gasteiger partial charge on any atom is -0.355 e. The highest BCUT2D eigenvalue weighted by Gasteiger charge is 2.19. The van der Waals surface area contributed by atoms with Crippen LogP contribution in [0.3, 0.4) is 0 Å². The summed E-state index contributed by atoms with van der Waals surface area (Å²) < 4.78 is 1.61. The van der Waals surface area contributed by atoms with Crippen molar-refractivity contribution in [2.24, 2.45) is 0 Å². The first kappa shape index (κ1) is 20.8. The van der Waals surface area contributed by atoms with Crippen molar-refractivity contribution < 1.29 is 9.59 Å². The third-order valence-electron chi connectivity index (χ3n) is 4.57. The Balaban J connectivity index is 1.81. The molecule has 7 nitrogen and oxygen atoms in total. The summed E-state index contributed by atoms with van der Waals surface area (Å²) in [6, 6.07) is 10.4. The van der Waals surface area contributed by atoms with Crippen molar-refractivity contribution in [3.05, 3.63) is 74.5 Å². The number of rotatable bonds is 5. The van der Waals surface area contributed by atoms with E-state index in [9.17, 15) is 9.59 Å². The average Bonchev–Trinajstić information content (AvgIpc) is 3.06. The average molecular weight is 432 g/mol. The van der Waals surface area contributed by atoms with Crippen molar-refractivity contribution in [2.45, 2.75) is 20.4 Å². The number of carbonyl (C=O) groups is 2. The molecule has 3 aromatic rings. The second kappa shape index (κ2) is 8.63. The summed E-state index contributed by atoms with van der Waals surface area (Å²) in [4.78, 5) is 24.7. The van der Waals surface area contributed by atoms with Crippen LogP contribution in [0.2, 0.25) is 10.0 Å². The van der Waals surface area contributed by atoms with Gasteiger partial charge in [0.05, 0.1) is 22.3 Å². The van der Waals surface area contributed by atoms with E-state index in [-0.39, 0.29) is 11.6 Å². The first-order valence-corrected chi connectivity index (χ1v) is 9.54. The van der Waals surface area contributed by atoms with Gasteiger partial charge < -0.3 is 10.6 Å². The Kier molecular flexibility index (Phi) is 6.20. The SMILES string of the molecule is CNC(=O)c1cccc(NC(=O)c2nnn(Cc3ccc(Cl)c(Cl)c3)c2C)c1C. The largest absolute Gasteiger partial charge is 0.355 e. The fourth-order valence-corrected chi connectivity index (χ4v) is 3.19. The predicted octanol–water partition coefficient (Wildman–Crippen LogP) is 3.86. The molecule has 150 valence electrons. The van der Waals surface area contributed by atoms with Gasteiger partial charge in [-0.25, -0.2) is 4.68 Å². The molecule has 29 heavy (non-hydrogen) atoms. The molecule has 1 heterocycles. The topological polar surface area (TPSA) is 88.9 Å². The van der Waals surface area contributed by atoms with Crippen molar-refractivity contribution in [3.63, 3.8) is 0 Å². The molecular formula is C20H19Cl2N5O2. The molecule has 0 radical (unpaired) electrons. The number of benzene rings is 2. The maximum atomic E-state index is 12.7. The molecule has 0 aliphatic rings. The van der Waals surface area contributed by atoms with Gasteiger partial charge in [-0.2, -0.15) is 0 Å². The van der Waals surface area contributed by atoms with Gasteiger partial charge in [0, 0.05) is 18.3 Å². The molecule has 0 saturated carbocycles. The summed E-state index contributed by atoms with van der Waals surface area (Å²) in [5.74, 6) is -0.623. The van der Waals surface area contributed by atoms with Gasteiger partial charge in [-0.15, -0.1) is 5.10 Å². The second-order valence-corrected chi connectivity index (χ2v) is 7.26. The standard InChI is InChI=1S/C20H19Cl2N5O2/c1-11-14(19(28)23-3)5-4-6-17(11)24-20(29)18-12(2)27(26-25-18)10-13-7-8-15(21)16(22)9-13/h4-9H,10H2,1-3H3,(H,23,28)(H,24,29). The molecule has 0 fully saturated rings. The quantitative estimate of drug-likeness (QED) is 0.641. The highest BCUT2D eigenvalue weighted by molar-refractivity contribution is 6.42. The molecule has 9 heteroatoms. The predicted molar refractivity (Wildman–Crippen MR) is 113 cm³/mol. The van der Waals surface area contributed by atoms with Crippen molar-refractivity contribution in [2.75, 3.05) is 12.4 Å². The first-order chi connectivity index (χ1) is 13.8. The summed E-state index contributed by atoms with van der Waals surface area (Å²) in [5.41, 5.74) is 3.39. The van der Waals surface area contributed by atoms with Crippen molar-refractivity contribution >= 4 is 40.7 Å². The third kappa shape index (κ3) is 4.41. The Bertz CT molecular complexity index is 1090. The molecule has 0 bridgehead atoms. The molecule has 2 aromatic carbocycles. The van der Waals surface area contributed by atoms with E-state index in [0.717, 1.165) is 5.56 Å². The van der Waals surface area contributed by atoms with Crippen LogP contribution >= 0.6 is 23.2 Å². The molecule has 2 N–H and O–H groups in total. The fourth-order valence-electron chi connectivity index (χ4n) is 2.86. The molecule has 0 aliphatic heterocycles. The molecule has 2 amide bonds. The summed E-state index contributed by atoms with van der Waals surface area (Å²) in [6.07, 6.45) is 0. The van der Waals surface area contributed by atoms with Crippen LogP contribution < -0.4 is 10.6 Å². The van der Waals surface area contributed by atoms with Gasteiger partial charge in [-0.3, -0.25) is 9.59 Å². The van der Waals surface area contributed by atoms with E-state index >= 15 is 0 Å². The number of halogens is 2. The Morgan fingerprint density at radius 2 is 1.83 bits per heavy atom. The Morgan fingerprint density at radius 3 is 2.52 bits per heavy atom. The van der Waals surface area contributed by atoms with Crippen LogP contribution in [0.15, 0.2) is 36.4 Å².